The third-order valence-corrected chi connectivity index (χ3v) is 3.76. The summed E-state index contributed by atoms with van der Waals surface area (Å²) in [5, 5.41) is 6.01. The van der Waals surface area contributed by atoms with Crippen LogP contribution in [0.25, 0.3) is 0 Å². The summed E-state index contributed by atoms with van der Waals surface area (Å²) in [5.74, 6) is 1.31. The minimum absolute atomic E-state index is 0.0476. The molecule has 1 heterocycles. The fourth-order valence-electron chi connectivity index (χ4n) is 2.25. The van der Waals surface area contributed by atoms with Crippen LogP contribution in [0.1, 0.15) is 35.7 Å². The van der Waals surface area contributed by atoms with E-state index in [9.17, 15) is 9.59 Å². The van der Waals surface area contributed by atoms with Crippen LogP contribution in [0, 0.1) is 6.92 Å². The first-order chi connectivity index (χ1) is 12.6. The largest absolute Gasteiger partial charge is 0.484 e. The van der Waals surface area contributed by atoms with Gasteiger partial charge in [-0.25, -0.2) is 4.98 Å². The first kappa shape index (κ1) is 19.4. The van der Waals surface area contributed by atoms with Gasteiger partial charge < -0.3 is 15.4 Å². The Balaban J connectivity index is 1.60. The van der Waals surface area contributed by atoms with Crippen LogP contribution in [0.3, 0.4) is 0 Å². The molecule has 0 aliphatic heterocycles. The third kappa shape index (κ3) is 6.55. The van der Waals surface area contributed by atoms with Crippen molar-refractivity contribution in [2.75, 3.05) is 25.0 Å². The predicted octanol–water partition coefficient (Wildman–Crippen LogP) is 2.98. The summed E-state index contributed by atoms with van der Waals surface area (Å²) in [5.41, 5.74) is 1.77. The minimum atomic E-state index is -0.174. The Morgan fingerprint density at radius 2 is 1.85 bits per heavy atom. The van der Waals surface area contributed by atoms with Crippen LogP contribution in [0.2, 0.25) is 0 Å². The van der Waals surface area contributed by atoms with Crippen LogP contribution >= 0.6 is 0 Å². The van der Waals surface area contributed by atoms with E-state index >= 15 is 0 Å². The average molecular weight is 355 g/mol. The highest BCUT2D eigenvalue weighted by molar-refractivity contribution is 5.95. The van der Waals surface area contributed by atoms with Crippen molar-refractivity contribution in [2.24, 2.45) is 0 Å². The molecule has 2 N–H and O–H groups in total. The molecule has 1 aromatic heterocycles. The van der Waals surface area contributed by atoms with Crippen molar-refractivity contribution in [3.05, 3.63) is 53.7 Å². The van der Waals surface area contributed by atoms with Crippen molar-refractivity contribution < 1.29 is 14.3 Å². The van der Waals surface area contributed by atoms with Crippen molar-refractivity contribution in [2.45, 2.75) is 26.7 Å². The van der Waals surface area contributed by atoms with E-state index < -0.39 is 0 Å². The van der Waals surface area contributed by atoms with Gasteiger partial charge in [0.2, 0.25) is 0 Å². The molecular formula is C20H25N3O3. The Kier molecular flexibility index (Phi) is 7.61. The molecule has 0 bridgehead atoms. The number of hydrogen-bond donors (Lipinski definition) is 2. The lowest BCUT2D eigenvalue weighted by Crippen LogP contribution is -2.30. The molecule has 2 rings (SSSR count). The number of carbonyl (C=O) groups is 2. The topological polar surface area (TPSA) is 80.3 Å². The number of ether oxygens (including phenoxy) is 1. The zero-order valence-corrected chi connectivity index (χ0v) is 15.2. The lowest BCUT2D eigenvalue weighted by molar-refractivity contribution is -0.123. The van der Waals surface area contributed by atoms with E-state index in [-0.39, 0.29) is 18.3 Å². The Hall–Kier alpha value is -2.89. The van der Waals surface area contributed by atoms with Gasteiger partial charge in [0.15, 0.2) is 12.4 Å². The number of nitrogens with zero attached hydrogens (tertiary/aromatic N) is 1. The second kappa shape index (κ2) is 10.2. The summed E-state index contributed by atoms with van der Waals surface area (Å²) in [6, 6.07) is 10.8. The fourth-order valence-corrected chi connectivity index (χ4v) is 2.25. The van der Waals surface area contributed by atoms with Gasteiger partial charge in [0, 0.05) is 31.3 Å². The maximum absolute atomic E-state index is 11.8. The Morgan fingerprint density at radius 1 is 1.08 bits per heavy atom. The smallest absolute Gasteiger partial charge is 0.257 e. The van der Waals surface area contributed by atoms with Crippen LogP contribution in [0.4, 0.5) is 5.82 Å². The van der Waals surface area contributed by atoms with Crippen LogP contribution in [0.5, 0.6) is 5.75 Å². The molecule has 0 radical (unpaired) electrons. The second-order valence-electron chi connectivity index (χ2n) is 5.94. The molecular weight excluding hydrogens is 330 g/mol. The Bertz CT molecular complexity index is 712. The molecule has 0 fully saturated rings. The van der Waals surface area contributed by atoms with Gasteiger partial charge in [-0.05, 0) is 49.2 Å². The van der Waals surface area contributed by atoms with Gasteiger partial charge in [0.05, 0.1) is 0 Å². The molecule has 2 aromatic rings. The van der Waals surface area contributed by atoms with E-state index in [0.29, 0.717) is 24.3 Å². The van der Waals surface area contributed by atoms with Crippen LogP contribution in [-0.2, 0) is 4.79 Å². The van der Waals surface area contributed by atoms with Crippen molar-refractivity contribution in [1.82, 2.24) is 10.3 Å². The zero-order chi connectivity index (χ0) is 18.8. The molecule has 0 spiro atoms. The van der Waals surface area contributed by atoms with Gasteiger partial charge in [-0.2, -0.15) is 0 Å². The highest BCUT2D eigenvalue weighted by atomic mass is 16.5. The van der Waals surface area contributed by atoms with Crippen molar-refractivity contribution in [3.63, 3.8) is 0 Å². The van der Waals surface area contributed by atoms with Gasteiger partial charge in [0.25, 0.3) is 5.91 Å². The lowest BCUT2D eigenvalue weighted by Gasteiger charge is -2.09. The number of aromatic nitrogens is 1. The first-order valence-corrected chi connectivity index (χ1v) is 8.77. The molecule has 0 aliphatic carbocycles. The van der Waals surface area contributed by atoms with E-state index in [1.54, 1.807) is 24.3 Å². The van der Waals surface area contributed by atoms with Gasteiger partial charge in [-0.15, -0.1) is 0 Å². The first-order valence-electron chi connectivity index (χ1n) is 8.77. The normalized spacial score (nSPS) is 10.2. The van der Waals surface area contributed by atoms with E-state index in [1.165, 1.54) is 0 Å². The fraction of sp³-hybridized carbons (Fsp3) is 0.350. The number of nitrogens with one attached hydrogen (secondary N) is 2. The van der Waals surface area contributed by atoms with E-state index in [2.05, 4.69) is 15.6 Å². The summed E-state index contributed by atoms with van der Waals surface area (Å²) in [6.45, 7) is 5.06. The zero-order valence-electron chi connectivity index (χ0n) is 15.2. The number of carbonyl (C=O) groups excluding carboxylic acids is 2. The molecule has 6 heteroatoms. The maximum atomic E-state index is 11.8. The number of hydrogen-bond acceptors (Lipinski definition) is 5. The molecule has 1 amide bonds. The summed E-state index contributed by atoms with van der Waals surface area (Å²) >= 11 is 0. The number of pyridine rings is 1. The standard InChI is InChI=1S/C20H25N3O3/c1-3-18(24)16-6-8-17(9-7-16)26-14-20(25)22-12-4-11-21-19-10-5-15(2)13-23-19/h5-10,13H,3-4,11-12,14H2,1-2H3,(H,21,23)(H,22,25). The summed E-state index contributed by atoms with van der Waals surface area (Å²) in [7, 11) is 0. The number of rotatable bonds is 10. The molecule has 0 saturated carbocycles. The molecule has 0 aliphatic rings. The van der Waals surface area contributed by atoms with Crippen molar-refractivity contribution >= 4 is 17.5 Å². The number of Topliss-reactive ketones (excluding diaryl/α,β-unsaturated/α-hetero) is 1. The quantitative estimate of drug-likeness (QED) is 0.506. The maximum Gasteiger partial charge on any atom is 0.257 e. The summed E-state index contributed by atoms with van der Waals surface area (Å²) in [6.07, 6.45) is 3.07. The number of ketones is 1. The Labute approximate surface area is 154 Å². The molecule has 26 heavy (non-hydrogen) atoms. The van der Waals surface area contributed by atoms with Crippen molar-refractivity contribution in [3.8, 4) is 5.75 Å². The monoisotopic (exact) mass is 355 g/mol. The number of benzene rings is 1. The van der Waals surface area contributed by atoms with Gasteiger partial charge in [0.1, 0.15) is 11.6 Å². The van der Waals surface area contributed by atoms with Crippen LogP contribution in [-0.4, -0.2) is 36.4 Å². The van der Waals surface area contributed by atoms with Gasteiger partial charge in [-0.1, -0.05) is 13.0 Å². The van der Waals surface area contributed by atoms with E-state index in [0.717, 1.165) is 24.3 Å². The lowest BCUT2D eigenvalue weighted by atomic mass is 10.1. The highest BCUT2D eigenvalue weighted by Gasteiger charge is 2.05. The summed E-state index contributed by atoms with van der Waals surface area (Å²) < 4.78 is 5.42. The average Bonchev–Trinajstić information content (AvgIpc) is 2.67. The number of amides is 1. The predicted molar refractivity (Wildman–Crippen MR) is 102 cm³/mol. The molecule has 0 unspecified atom stereocenters. The third-order valence-electron chi connectivity index (χ3n) is 3.76. The Morgan fingerprint density at radius 3 is 2.50 bits per heavy atom. The van der Waals surface area contributed by atoms with Crippen molar-refractivity contribution in [1.29, 1.82) is 0 Å². The number of anilines is 1. The molecule has 0 atom stereocenters. The molecule has 0 saturated heterocycles. The minimum Gasteiger partial charge on any atom is -0.484 e. The van der Waals surface area contributed by atoms with E-state index in [4.69, 9.17) is 4.74 Å². The summed E-state index contributed by atoms with van der Waals surface area (Å²) in [4.78, 5) is 27.6. The van der Waals surface area contributed by atoms with Crippen LogP contribution < -0.4 is 15.4 Å². The van der Waals surface area contributed by atoms with Crippen LogP contribution in [0.15, 0.2) is 42.6 Å². The molecule has 6 nitrogen and oxygen atoms in total. The molecule has 1 aromatic carbocycles. The SMILES string of the molecule is CCC(=O)c1ccc(OCC(=O)NCCCNc2ccc(C)cn2)cc1. The highest BCUT2D eigenvalue weighted by Crippen LogP contribution is 2.13. The molecule has 138 valence electrons. The van der Waals surface area contributed by atoms with E-state index in [1.807, 2.05) is 32.2 Å². The van der Waals surface area contributed by atoms with Gasteiger partial charge in [-0.3, -0.25) is 9.59 Å². The number of aryl methyl sites for hydroxylation is 1. The van der Waals surface area contributed by atoms with Gasteiger partial charge >= 0.3 is 0 Å². The second-order valence-corrected chi connectivity index (χ2v) is 5.94.